The topological polar surface area (TPSA) is 155 Å². The molecule has 0 aromatic heterocycles. The van der Waals surface area contributed by atoms with Crippen molar-refractivity contribution in [3.63, 3.8) is 0 Å². The Bertz CT molecular complexity index is 1020. The van der Waals surface area contributed by atoms with Gasteiger partial charge in [0.1, 0.15) is 11.9 Å². The number of aliphatic hydroxyl groups is 1. The van der Waals surface area contributed by atoms with Crippen LogP contribution >= 0.6 is 0 Å². The second kappa shape index (κ2) is 10.6. The summed E-state index contributed by atoms with van der Waals surface area (Å²) < 4.78 is 11.5. The molecule has 1 aliphatic rings. The smallest absolute Gasteiger partial charge is 0.266 e. The number of benzene rings is 2. The van der Waals surface area contributed by atoms with Crippen LogP contribution in [0.5, 0.6) is 5.75 Å². The molecule has 0 fully saturated rings. The number of azide groups is 1. The van der Waals surface area contributed by atoms with Gasteiger partial charge in [-0.2, -0.15) is 0 Å². The number of hydrogen-bond donors (Lipinski definition) is 3. The van der Waals surface area contributed by atoms with Crippen molar-refractivity contribution in [1.29, 1.82) is 0 Å². The highest BCUT2D eigenvalue weighted by Gasteiger charge is 2.50. The van der Waals surface area contributed by atoms with E-state index in [4.69, 9.17) is 26.0 Å². The fourth-order valence-corrected chi connectivity index (χ4v) is 3.55. The number of aliphatic imine (C=N–C) groups is 1. The average molecular weight is 438 g/mol. The number of amides is 1. The molecular formula is C22H26N6O4. The van der Waals surface area contributed by atoms with Gasteiger partial charge in [0.2, 0.25) is 5.90 Å². The van der Waals surface area contributed by atoms with Crippen LogP contribution < -0.4 is 16.0 Å². The molecule has 10 nitrogen and oxygen atoms in total. The van der Waals surface area contributed by atoms with Gasteiger partial charge in [-0.3, -0.25) is 10.2 Å². The molecule has 1 aliphatic heterocycles. The molecule has 3 rings (SSSR count). The first-order valence-corrected chi connectivity index (χ1v) is 10.2. The summed E-state index contributed by atoms with van der Waals surface area (Å²) >= 11 is 0. The van der Waals surface area contributed by atoms with E-state index >= 15 is 0 Å². The zero-order valence-electron chi connectivity index (χ0n) is 17.8. The van der Waals surface area contributed by atoms with Crippen LogP contribution in [-0.4, -0.2) is 41.8 Å². The highest BCUT2D eigenvalue weighted by molar-refractivity contribution is 6.00. The van der Waals surface area contributed by atoms with E-state index in [9.17, 15) is 4.79 Å². The zero-order valence-corrected chi connectivity index (χ0v) is 17.8. The number of aliphatic hydroxyl groups excluding tert-OH is 1. The second-order valence-electron chi connectivity index (χ2n) is 7.36. The van der Waals surface area contributed by atoms with Crippen LogP contribution in [0.4, 0.5) is 0 Å². The number of ether oxygens (including phenoxy) is 2. The first kappa shape index (κ1) is 23.1. The van der Waals surface area contributed by atoms with Crippen molar-refractivity contribution in [2.45, 2.75) is 38.0 Å². The first-order valence-electron chi connectivity index (χ1n) is 10.2. The summed E-state index contributed by atoms with van der Waals surface area (Å²) in [6.07, 6.45) is 0.182. The number of rotatable bonds is 10. The lowest BCUT2D eigenvalue weighted by atomic mass is 9.84. The number of carbonyl (C=O) groups is 1. The molecule has 10 heteroatoms. The number of hydrogen-bond acceptors (Lipinski definition) is 7. The van der Waals surface area contributed by atoms with Gasteiger partial charge in [-0.25, -0.2) is 10.8 Å². The van der Waals surface area contributed by atoms with Crippen LogP contribution in [0.2, 0.25) is 0 Å². The predicted octanol–water partition coefficient (Wildman–Crippen LogP) is 2.39. The lowest BCUT2D eigenvalue weighted by molar-refractivity contribution is -0.128. The molecule has 4 N–H and O–H groups in total. The van der Waals surface area contributed by atoms with Gasteiger partial charge in [0.25, 0.3) is 5.91 Å². The van der Waals surface area contributed by atoms with E-state index in [1.54, 1.807) is 31.2 Å². The summed E-state index contributed by atoms with van der Waals surface area (Å²) in [5, 5.41) is 12.5. The number of nitrogens with two attached hydrogens (primary N) is 1. The molecule has 0 bridgehead atoms. The molecule has 0 aliphatic carbocycles. The molecule has 2 aromatic rings. The van der Waals surface area contributed by atoms with E-state index in [0.29, 0.717) is 30.2 Å². The Hall–Kier alpha value is -3.59. The molecule has 1 amide bonds. The Morgan fingerprint density at radius 1 is 1.31 bits per heavy atom. The van der Waals surface area contributed by atoms with Crippen molar-refractivity contribution in [3.8, 4) is 5.75 Å². The third kappa shape index (κ3) is 5.00. The molecule has 168 valence electrons. The number of carbonyl (C=O) groups excluding carboxylic acids is 1. The van der Waals surface area contributed by atoms with Gasteiger partial charge in [-0.05, 0) is 47.8 Å². The van der Waals surface area contributed by atoms with Crippen LogP contribution in [0.1, 0.15) is 30.0 Å². The molecule has 32 heavy (non-hydrogen) atoms. The van der Waals surface area contributed by atoms with Crippen LogP contribution in [0.15, 0.2) is 58.6 Å². The maximum atomic E-state index is 12.9. The number of nitrogens with one attached hydrogen (secondary N) is 1. The van der Waals surface area contributed by atoms with Crippen LogP contribution in [0.25, 0.3) is 10.4 Å². The maximum absolute atomic E-state index is 12.9. The van der Waals surface area contributed by atoms with Crippen molar-refractivity contribution >= 4 is 11.8 Å². The summed E-state index contributed by atoms with van der Waals surface area (Å²) in [5.74, 6) is 6.03. The van der Waals surface area contributed by atoms with E-state index in [-0.39, 0.29) is 19.6 Å². The van der Waals surface area contributed by atoms with E-state index in [1.165, 1.54) is 0 Å². The van der Waals surface area contributed by atoms with Crippen molar-refractivity contribution in [1.82, 2.24) is 5.43 Å². The molecule has 0 saturated carbocycles. The summed E-state index contributed by atoms with van der Waals surface area (Å²) in [6, 6.07) is 14.6. The summed E-state index contributed by atoms with van der Waals surface area (Å²) in [6.45, 7) is 2.42. The monoisotopic (exact) mass is 438 g/mol. The van der Waals surface area contributed by atoms with Gasteiger partial charge in [-0.1, -0.05) is 29.4 Å². The zero-order chi connectivity index (χ0) is 23.0. The largest absolute Gasteiger partial charge is 0.494 e. The summed E-state index contributed by atoms with van der Waals surface area (Å²) in [5.41, 5.74) is 11.9. The third-order valence-electron chi connectivity index (χ3n) is 5.34. The van der Waals surface area contributed by atoms with E-state index in [1.807, 2.05) is 24.3 Å². The molecule has 0 radical (unpaired) electrons. The van der Waals surface area contributed by atoms with Gasteiger partial charge in [-0.15, -0.1) is 0 Å². The molecule has 0 unspecified atom stereocenters. The predicted molar refractivity (Wildman–Crippen MR) is 119 cm³/mol. The highest BCUT2D eigenvalue weighted by Crippen LogP contribution is 2.33. The molecule has 2 aromatic carbocycles. The Kier molecular flexibility index (Phi) is 7.67. The minimum atomic E-state index is -1.28. The second-order valence-corrected chi connectivity index (χ2v) is 7.36. The maximum Gasteiger partial charge on any atom is 0.266 e. The fraction of sp³-hybridized carbons (Fsp3) is 0.364. The lowest BCUT2D eigenvalue weighted by Crippen LogP contribution is -2.54. The average Bonchev–Trinajstić information content (AvgIpc) is 3.15. The minimum Gasteiger partial charge on any atom is -0.494 e. The number of nitrogens with zero attached hydrogens (tertiary/aromatic N) is 4. The van der Waals surface area contributed by atoms with E-state index in [0.717, 1.165) is 11.1 Å². The van der Waals surface area contributed by atoms with Gasteiger partial charge in [0.15, 0.2) is 5.54 Å². The standard InChI is InChI=1S/C22H26N6O4/c1-15-22(21(30)27-23,13-17-5-2-3-6-18(17)14-25-28-24)26-20(32-15)16-7-9-19(10-8-16)31-12-4-11-29/h2-3,5-10,15,29H,4,11-14,23H2,1H3,(H,27,30)/t15-,22-/m0/s1. The lowest BCUT2D eigenvalue weighted by Gasteiger charge is -2.28. The van der Waals surface area contributed by atoms with Crippen molar-refractivity contribution in [2.75, 3.05) is 13.2 Å². The van der Waals surface area contributed by atoms with Crippen LogP contribution in [-0.2, 0) is 22.5 Å². The van der Waals surface area contributed by atoms with Crippen molar-refractivity contribution in [3.05, 3.63) is 75.7 Å². The van der Waals surface area contributed by atoms with Crippen LogP contribution in [0.3, 0.4) is 0 Å². The molecule has 2 atom stereocenters. The molecule has 0 saturated heterocycles. The highest BCUT2D eigenvalue weighted by atomic mass is 16.5. The summed E-state index contributed by atoms with van der Waals surface area (Å²) in [4.78, 5) is 20.4. The van der Waals surface area contributed by atoms with Crippen molar-refractivity contribution in [2.24, 2.45) is 15.9 Å². The Morgan fingerprint density at radius 2 is 2.03 bits per heavy atom. The Labute approximate surface area is 185 Å². The molecule has 0 spiro atoms. The molecule has 1 heterocycles. The van der Waals surface area contributed by atoms with E-state index < -0.39 is 17.6 Å². The third-order valence-corrected chi connectivity index (χ3v) is 5.34. The Morgan fingerprint density at radius 3 is 2.69 bits per heavy atom. The number of hydrazine groups is 1. The van der Waals surface area contributed by atoms with Crippen LogP contribution in [0, 0.1) is 0 Å². The Balaban J connectivity index is 1.91. The van der Waals surface area contributed by atoms with E-state index in [2.05, 4.69) is 20.4 Å². The molecular weight excluding hydrogens is 412 g/mol. The van der Waals surface area contributed by atoms with Gasteiger partial charge < -0.3 is 14.6 Å². The van der Waals surface area contributed by atoms with Crippen molar-refractivity contribution < 1.29 is 19.4 Å². The van der Waals surface area contributed by atoms with Gasteiger partial charge >= 0.3 is 0 Å². The normalized spacial score (nSPS) is 19.5. The summed E-state index contributed by atoms with van der Waals surface area (Å²) in [7, 11) is 0. The van der Waals surface area contributed by atoms with Gasteiger partial charge in [0.05, 0.1) is 13.2 Å². The quantitative estimate of drug-likeness (QED) is 0.0988. The SMILES string of the molecule is C[C@@H]1OC(c2ccc(OCCCO)cc2)=N[C@]1(Cc1ccccc1CN=[N+]=[N-])C(=O)NN. The minimum absolute atomic E-state index is 0.0674. The fourth-order valence-electron chi connectivity index (χ4n) is 3.55. The first-order chi connectivity index (χ1) is 15.5. The van der Waals surface area contributed by atoms with Gasteiger partial charge in [0, 0.05) is 29.9 Å².